The van der Waals surface area contributed by atoms with E-state index in [1.54, 1.807) is 0 Å². The molecule has 3 nitrogen and oxygen atoms in total. The van der Waals surface area contributed by atoms with Gasteiger partial charge in [-0.3, -0.25) is 9.59 Å². The second kappa shape index (κ2) is 3.62. The van der Waals surface area contributed by atoms with Gasteiger partial charge in [0, 0.05) is 12.8 Å². The van der Waals surface area contributed by atoms with Gasteiger partial charge in [0.1, 0.15) is 0 Å². The van der Waals surface area contributed by atoms with Gasteiger partial charge in [-0.1, -0.05) is 0 Å². The van der Waals surface area contributed by atoms with Crippen LogP contribution in [0, 0.1) is 5.92 Å². The van der Waals surface area contributed by atoms with E-state index in [4.69, 9.17) is 0 Å². The number of rotatable bonds is 2. The molecule has 0 aliphatic carbocycles. The number of piperidine rings is 1. The summed E-state index contributed by atoms with van der Waals surface area (Å²) in [4.78, 5) is 21.8. The van der Waals surface area contributed by atoms with E-state index in [1.165, 1.54) is 6.92 Å². The second-order valence-electron chi connectivity index (χ2n) is 2.94. The van der Waals surface area contributed by atoms with E-state index < -0.39 is 0 Å². The van der Waals surface area contributed by atoms with Crippen LogP contribution < -0.4 is 5.32 Å². The molecule has 0 aromatic carbocycles. The molecular weight excluding hydrogens is 142 g/mol. The first-order valence-corrected chi connectivity index (χ1v) is 3.97. The molecule has 1 N–H and O–H groups in total. The summed E-state index contributed by atoms with van der Waals surface area (Å²) in [5, 5.41) is 3.14. The Morgan fingerprint density at radius 1 is 1.27 bits per heavy atom. The van der Waals surface area contributed by atoms with E-state index in [1.807, 2.05) is 0 Å². The van der Waals surface area contributed by atoms with Crippen molar-refractivity contribution in [3.8, 4) is 0 Å². The Bertz CT molecular complexity index is 171. The molecule has 0 spiro atoms. The molecule has 1 fully saturated rings. The molecule has 0 bridgehead atoms. The van der Waals surface area contributed by atoms with Crippen LogP contribution >= 0.6 is 0 Å². The summed E-state index contributed by atoms with van der Waals surface area (Å²) in [7, 11) is 0. The Labute approximate surface area is 66.2 Å². The lowest BCUT2D eigenvalue weighted by Crippen LogP contribution is -2.34. The van der Waals surface area contributed by atoms with Crippen LogP contribution in [0.1, 0.15) is 19.8 Å². The van der Waals surface area contributed by atoms with E-state index in [-0.39, 0.29) is 17.5 Å². The Morgan fingerprint density at radius 2 is 1.82 bits per heavy atom. The van der Waals surface area contributed by atoms with Gasteiger partial charge in [-0.05, 0) is 25.9 Å². The van der Waals surface area contributed by atoms with Crippen LogP contribution in [-0.4, -0.2) is 24.7 Å². The molecule has 1 aliphatic heterocycles. The number of nitrogens with one attached hydrogen (secondary N) is 1. The van der Waals surface area contributed by atoms with Crippen molar-refractivity contribution in [2.75, 3.05) is 13.1 Å². The molecule has 0 unspecified atom stereocenters. The Morgan fingerprint density at radius 3 is 2.27 bits per heavy atom. The molecule has 11 heavy (non-hydrogen) atoms. The first kappa shape index (κ1) is 8.40. The van der Waals surface area contributed by atoms with Gasteiger partial charge in [-0.15, -0.1) is 0 Å². The minimum absolute atomic E-state index is 0.00579. The molecule has 0 aromatic rings. The van der Waals surface area contributed by atoms with Crippen molar-refractivity contribution in [3.63, 3.8) is 0 Å². The van der Waals surface area contributed by atoms with E-state index >= 15 is 0 Å². The Balaban J connectivity index is 2.45. The van der Waals surface area contributed by atoms with Crippen molar-refractivity contribution in [2.45, 2.75) is 19.8 Å². The van der Waals surface area contributed by atoms with E-state index in [0.717, 1.165) is 25.9 Å². The Kier molecular flexibility index (Phi) is 2.76. The maximum Gasteiger partial charge on any atom is 0.201 e. The van der Waals surface area contributed by atoms with E-state index in [0.29, 0.717) is 0 Å². The SMILES string of the molecule is CC(=O)C(=O)C1CCNCC1. The highest BCUT2D eigenvalue weighted by molar-refractivity contribution is 6.37. The number of hydrogen-bond acceptors (Lipinski definition) is 3. The summed E-state index contributed by atoms with van der Waals surface area (Å²) in [5.74, 6) is -0.489. The fourth-order valence-electron chi connectivity index (χ4n) is 1.37. The highest BCUT2D eigenvalue weighted by Crippen LogP contribution is 2.12. The van der Waals surface area contributed by atoms with Crippen LogP contribution in [0.5, 0.6) is 0 Å². The maximum atomic E-state index is 11.1. The summed E-state index contributed by atoms with van der Waals surface area (Å²) in [6, 6.07) is 0. The van der Waals surface area contributed by atoms with Crippen molar-refractivity contribution in [1.82, 2.24) is 5.32 Å². The average molecular weight is 155 g/mol. The molecule has 1 heterocycles. The molecule has 1 saturated heterocycles. The smallest absolute Gasteiger partial charge is 0.201 e. The Hall–Kier alpha value is -0.700. The van der Waals surface area contributed by atoms with Crippen molar-refractivity contribution in [1.29, 1.82) is 0 Å². The molecule has 1 rings (SSSR count). The van der Waals surface area contributed by atoms with Crippen LogP contribution in [-0.2, 0) is 9.59 Å². The summed E-state index contributed by atoms with van der Waals surface area (Å²) in [5.41, 5.74) is 0. The lowest BCUT2D eigenvalue weighted by molar-refractivity contribution is -0.138. The third-order valence-corrected chi connectivity index (χ3v) is 2.06. The normalized spacial score (nSPS) is 19.7. The van der Waals surface area contributed by atoms with Crippen LogP contribution in [0.2, 0.25) is 0 Å². The van der Waals surface area contributed by atoms with Gasteiger partial charge in [0.25, 0.3) is 0 Å². The van der Waals surface area contributed by atoms with Crippen LogP contribution in [0.15, 0.2) is 0 Å². The first-order chi connectivity index (χ1) is 5.22. The minimum Gasteiger partial charge on any atom is -0.317 e. The molecule has 0 aromatic heterocycles. The predicted molar refractivity (Wildman–Crippen MR) is 41.3 cm³/mol. The summed E-state index contributed by atoms with van der Waals surface area (Å²) in [6.07, 6.45) is 1.64. The van der Waals surface area contributed by atoms with Crippen LogP contribution in [0.4, 0.5) is 0 Å². The number of Topliss-reactive ketones (excluding diaryl/α,β-unsaturated/α-hetero) is 2. The van der Waals surface area contributed by atoms with Gasteiger partial charge in [-0.25, -0.2) is 0 Å². The number of hydrogen-bond donors (Lipinski definition) is 1. The third-order valence-electron chi connectivity index (χ3n) is 2.06. The predicted octanol–water partition coefficient (Wildman–Crippen LogP) is 0.144. The fraction of sp³-hybridized carbons (Fsp3) is 0.750. The summed E-state index contributed by atoms with van der Waals surface area (Å²) < 4.78 is 0. The second-order valence-corrected chi connectivity index (χ2v) is 2.94. The van der Waals surface area contributed by atoms with Gasteiger partial charge in [0.05, 0.1) is 0 Å². The van der Waals surface area contributed by atoms with Crippen LogP contribution in [0.3, 0.4) is 0 Å². The van der Waals surface area contributed by atoms with Gasteiger partial charge >= 0.3 is 0 Å². The minimum atomic E-state index is -0.295. The lowest BCUT2D eigenvalue weighted by Gasteiger charge is -2.19. The molecular formula is C8H13NO2. The average Bonchev–Trinajstić information content (AvgIpc) is 2.05. The highest BCUT2D eigenvalue weighted by Gasteiger charge is 2.23. The largest absolute Gasteiger partial charge is 0.317 e. The van der Waals surface area contributed by atoms with Gasteiger partial charge in [0.2, 0.25) is 5.78 Å². The lowest BCUT2D eigenvalue weighted by atomic mass is 9.92. The van der Waals surface area contributed by atoms with E-state index in [9.17, 15) is 9.59 Å². The summed E-state index contributed by atoms with van der Waals surface area (Å²) in [6.45, 7) is 3.08. The molecule has 0 atom stereocenters. The summed E-state index contributed by atoms with van der Waals surface area (Å²) >= 11 is 0. The number of ketones is 2. The van der Waals surface area contributed by atoms with Gasteiger partial charge < -0.3 is 5.32 Å². The van der Waals surface area contributed by atoms with Crippen molar-refractivity contribution < 1.29 is 9.59 Å². The number of carbonyl (C=O) groups excluding carboxylic acids is 2. The quantitative estimate of drug-likeness (QED) is 0.577. The zero-order valence-corrected chi connectivity index (χ0v) is 6.72. The monoisotopic (exact) mass is 155 g/mol. The molecule has 62 valence electrons. The zero-order valence-electron chi connectivity index (χ0n) is 6.72. The molecule has 0 amide bonds. The zero-order chi connectivity index (χ0) is 8.27. The van der Waals surface area contributed by atoms with Crippen molar-refractivity contribution in [2.24, 2.45) is 5.92 Å². The van der Waals surface area contributed by atoms with Crippen molar-refractivity contribution >= 4 is 11.6 Å². The standard InChI is InChI=1S/C8H13NO2/c1-6(10)8(11)7-2-4-9-5-3-7/h7,9H,2-5H2,1H3. The molecule has 0 saturated carbocycles. The molecule has 1 aliphatic rings. The number of carbonyl (C=O) groups is 2. The highest BCUT2D eigenvalue weighted by atomic mass is 16.2. The fourth-order valence-corrected chi connectivity index (χ4v) is 1.37. The topological polar surface area (TPSA) is 46.2 Å². The van der Waals surface area contributed by atoms with Gasteiger partial charge in [0.15, 0.2) is 5.78 Å². The first-order valence-electron chi connectivity index (χ1n) is 3.97. The third kappa shape index (κ3) is 2.12. The van der Waals surface area contributed by atoms with Gasteiger partial charge in [-0.2, -0.15) is 0 Å². The van der Waals surface area contributed by atoms with Crippen molar-refractivity contribution in [3.05, 3.63) is 0 Å². The molecule has 3 heteroatoms. The van der Waals surface area contributed by atoms with E-state index in [2.05, 4.69) is 5.32 Å². The maximum absolute atomic E-state index is 11.1. The molecule has 0 radical (unpaired) electrons. The van der Waals surface area contributed by atoms with Crippen LogP contribution in [0.25, 0.3) is 0 Å².